The molecule has 0 aliphatic rings. The number of aliphatic carboxylic acids is 1. The Morgan fingerprint density at radius 2 is 1.59 bits per heavy atom. The van der Waals surface area contributed by atoms with Gasteiger partial charge in [0.05, 0.1) is 6.54 Å². The Labute approximate surface area is 134 Å². The summed E-state index contributed by atoms with van der Waals surface area (Å²) < 4.78 is 5.04. The van der Waals surface area contributed by atoms with Gasteiger partial charge in [-0.2, -0.15) is 0 Å². The molecule has 0 atom stereocenters. The largest absolute Gasteiger partial charge is 0.480 e. The summed E-state index contributed by atoms with van der Waals surface area (Å²) in [6.07, 6.45) is -0.527. The molecule has 0 aromatic carbocycles. The number of nitrogens with one attached hydrogen (secondary N) is 4. The topological polar surface area (TPSA) is 129 Å². The molecule has 0 rings (SSSR count). The molecule has 0 saturated heterocycles. The van der Waals surface area contributed by atoms with Crippen LogP contribution >= 0.6 is 12.2 Å². The molecule has 5 N–H and O–H groups in total. The van der Waals surface area contributed by atoms with E-state index in [2.05, 4.69) is 21.3 Å². The number of carbonyl (C=O) groups is 3. The van der Waals surface area contributed by atoms with Crippen molar-refractivity contribution in [2.45, 2.75) is 26.4 Å². The van der Waals surface area contributed by atoms with E-state index in [0.717, 1.165) is 0 Å². The molecule has 0 radical (unpaired) electrons. The van der Waals surface area contributed by atoms with E-state index in [1.165, 1.54) is 0 Å². The van der Waals surface area contributed by atoms with Crippen molar-refractivity contribution in [1.82, 2.24) is 21.3 Å². The first-order valence-electron chi connectivity index (χ1n) is 6.57. The van der Waals surface area contributed by atoms with Gasteiger partial charge in [-0.3, -0.25) is 9.59 Å². The summed E-state index contributed by atoms with van der Waals surface area (Å²) in [5.41, 5.74) is -0.558. The number of rotatable bonds is 7. The highest BCUT2D eigenvalue weighted by Gasteiger charge is 2.15. The van der Waals surface area contributed by atoms with Gasteiger partial charge < -0.3 is 31.1 Å². The molecule has 22 heavy (non-hydrogen) atoms. The standard InChI is InChI=1S/C12H22N4O5S/c1-12(2,3)21-11(20)14-5-4-13-10(22)16-6-8(17)15-7-9(18)19/h4-7H2,1-3H3,(H,14,20)(H,15,17)(H,18,19)(H2,13,16,22). The second-order valence-electron chi connectivity index (χ2n) is 5.21. The van der Waals surface area contributed by atoms with Gasteiger partial charge in [-0.1, -0.05) is 0 Å². The zero-order valence-corrected chi connectivity index (χ0v) is 13.6. The number of amides is 2. The van der Waals surface area contributed by atoms with E-state index in [4.69, 9.17) is 22.1 Å². The molecule has 0 aliphatic heterocycles. The average molecular weight is 334 g/mol. The minimum absolute atomic E-state index is 0.140. The lowest BCUT2D eigenvalue weighted by Crippen LogP contribution is -2.45. The minimum Gasteiger partial charge on any atom is -0.480 e. The van der Waals surface area contributed by atoms with Crippen LogP contribution in [-0.2, 0) is 14.3 Å². The van der Waals surface area contributed by atoms with Crippen LogP contribution in [0, 0.1) is 0 Å². The maximum atomic E-state index is 11.3. The van der Waals surface area contributed by atoms with E-state index in [1.807, 2.05) is 0 Å². The van der Waals surface area contributed by atoms with Crippen LogP contribution < -0.4 is 21.3 Å². The van der Waals surface area contributed by atoms with Gasteiger partial charge in [0.15, 0.2) is 5.11 Å². The summed E-state index contributed by atoms with van der Waals surface area (Å²) in [6.45, 7) is 5.35. The fraction of sp³-hybridized carbons (Fsp3) is 0.667. The van der Waals surface area contributed by atoms with E-state index in [0.29, 0.717) is 13.1 Å². The average Bonchev–Trinajstić information content (AvgIpc) is 2.37. The van der Waals surface area contributed by atoms with Gasteiger partial charge in [-0.15, -0.1) is 0 Å². The van der Waals surface area contributed by atoms with Gasteiger partial charge >= 0.3 is 12.1 Å². The lowest BCUT2D eigenvalue weighted by atomic mass is 10.2. The second kappa shape index (κ2) is 9.77. The first-order chi connectivity index (χ1) is 10.1. The van der Waals surface area contributed by atoms with Crippen molar-refractivity contribution in [3.05, 3.63) is 0 Å². The van der Waals surface area contributed by atoms with Crippen molar-refractivity contribution in [3.63, 3.8) is 0 Å². The number of ether oxygens (including phenoxy) is 1. The van der Waals surface area contributed by atoms with Crippen LogP contribution in [0.15, 0.2) is 0 Å². The molecule has 0 aromatic heterocycles. The first kappa shape index (κ1) is 19.9. The van der Waals surface area contributed by atoms with E-state index < -0.39 is 30.1 Å². The van der Waals surface area contributed by atoms with Crippen LogP contribution in [0.3, 0.4) is 0 Å². The van der Waals surface area contributed by atoms with Crippen molar-refractivity contribution in [2.24, 2.45) is 0 Å². The molecule has 9 nitrogen and oxygen atoms in total. The third-order valence-corrected chi connectivity index (χ3v) is 2.21. The third kappa shape index (κ3) is 12.9. The van der Waals surface area contributed by atoms with Crippen molar-refractivity contribution in [3.8, 4) is 0 Å². The van der Waals surface area contributed by atoms with Gasteiger partial charge in [-0.25, -0.2) is 4.79 Å². The molecule has 0 heterocycles. The van der Waals surface area contributed by atoms with Crippen LogP contribution in [-0.4, -0.2) is 60.0 Å². The number of thiocarbonyl (C=S) groups is 1. The Morgan fingerprint density at radius 1 is 1.00 bits per heavy atom. The van der Waals surface area contributed by atoms with Crippen LogP contribution in [0.2, 0.25) is 0 Å². The number of alkyl carbamates (subject to hydrolysis) is 1. The summed E-state index contributed by atoms with van der Waals surface area (Å²) in [6, 6.07) is 0. The van der Waals surface area contributed by atoms with Crippen LogP contribution in [0.25, 0.3) is 0 Å². The SMILES string of the molecule is CC(C)(C)OC(=O)NCCNC(=S)NCC(=O)NCC(=O)O. The van der Waals surface area contributed by atoms with Crippen LogP contribution in [0.4, 0.5) is 4.79 Å². The van der Waals surface area contributed by atoms with Crippen LogP contribution in [0.5, 0.6) is 0 Å². The second-order valence-corrected chi connectivity index (χ2v) is 5.62. The smallest absolute Gasteiger partial charge is 0.407 e. The number of carboxylic acids is 1. The Hall–Kier alpha value is -2.10. The van der Waals surface area contributed by atoms with E-state index >= 15 is 0 Å². The zero-order chi connectivity index (χ0) is 17.2. The van der Waals surface area contributed by atoms with E-state index in [9.17, 15) is 14.4 Å². The van der Waals surface area contributed by atoms with Crippen molar-refractivity contribution in [1.29, 1.82) is 0 Å². The summed E-state index contributed by atoms with van der Waals surface area (Å²) in [5.74, 6) is -1.61. The fourth-order valence-corrected chi connectivity index (χ4v) is 1.29. The summed E-state index contributed by atoms with van der Waals surface area (Å²) in [4.78, 5) is 32.8. The lowest BCUT2D eigenvalue weighted by Gasteiger charge is -2.19. The molecule has 0 unspecified atom stereocenters. The molecule has 2 amide bonds. The van der Waals surface area contributed by atoms with Gasteiger partial charge in [0, 0.05) is 13.1 Å². The molecule has 126 valence electrons. The number of hydrogen-bond donors (Lipinski definition) is 5. The summed E-state index contributed by atoms with van der Waals surface area (Å²) in [5, 5.41) is 18.7. The molecular formula is C12H22N4O5S. The first-order valence-corrected chi connectivity index (χ1v) is 6.98. The molecule has 0 aliphatic carbocycles. The Balaban J connectivity index is 3.68. The molecule has 0 saturated carbocycles. The van der Waals surface area contributed by atoms with Gasteiger partial charge in [0.1, 0.15) is 12.1 Å². The van der Waals surface area contributed by atoms with Crippen molar-refractivity contribution in [2.75, 3.05) is 26.2 Å². The molecule has 0 bridgehead atoms. The molecular weight excluding hydrogens is 312 g/mol. The lowest BCUT2D eigenvalue weighted by molar-refractivity contribution is -0.137. The third-order valence-electron chi connectivity index (χ3n) is 1.93. The van der Waals surface area contributed by atoms with Crippen molar-refractivity contribution < 1.29 is 24.2 Å². The highest BCUT2D eigenvalue weighted by atomic mass is 32.1. The molecule has 10 heteroatoms. The van der Waals surface area contributed by atoms with Gasteiger partial charge in [0.25, 0.3) is 0 Å². The fourth-order valence-electron chi connectivity index (χ4n) is 1.11. The minimum atomic E-state index is -1.12. The highest BCUT2D eigenvalue weighted by molar-refractivity contribution is 7.80. The summed E-state index contributed by atoms with van der Waals surface area (Å²) in [7, 11) is 0. The van der Waals surface area contributed by atoms with Gasteiger partial charge in [-0.05, 0) is 33.0 Å². The Kier molecular flexibility index (Phi) is 8.83. The predicted molar refractivity (Wildman–Crippen MR) is 83.5 cm³/mol. The number of carbonyl (C=O) groups excluding carboxylic acids is 2. The van der Waals surface area contributed by atoms with Crippen molar-refractivity contribution >= 4 is 35.3 Å². The van der Waals surface area contributed by atoms with E-state index in [1.54, 1.807) is 20.8 Å². The predicted octanol–water partition coefficient (Wildman–Crippen LogP) is -0.824. The normalized spacial score (nSPS) is 10.3. The van der Waals surface area contributed by atoms with Crippen LogP contribution in [0.1, 0.15) is 20.8 Å². The van der Waals surface area contributed by atoms with Gasteiger partial charge in [0.2, 0.25) is 5.91 Å². The number of carboxylic acid groups (broad SMARTS) is 1. The molecule has 0 aromatic rings. The zero-order valence-electron chi connectivity index (χ0n) is 12.8. The maximum absolute atomic E-state index is 11.3. The summed E-state index contributed by atoms with van der Waals surface area (Å²) >= 11 is 4.91. The maximum Gasteiger partial charge on any atom is 0.407 e. The number of hydrogen-bond acceptors (Lipinski definition) is 5. The Morgan fingerprint density at radius 3 is 2.14 bits per heavy atom. The monoisotopic (exact) mass is 334 g/mol. The quantitative estimate of drug-likeness (QED) is 0.302. The Bertz CT molecular complexity index is 422. The van der Waals surface area contributed by atoms with E-state index in [-0.39, 0.29) is 11.7 Å². The highest BCUT2D eigenvalue weighted by Crippen LogP contribution is 2.05. The molecule has 0 fully saturated rings. The molecule has 0 spiro atoms.